The van der Waals surface area contributed by atoms with Gasteiger partial charge >= 0.3 is 23.9 Å². The number of cyclic esters (lactones) is 2. The molecule has 1 aliphatic heterocycles. The average Bonchev–Trinajstić information content (AvgIpc) is 2.83. The van der Waals surface area contributed by atoms with E-state index in [-0.39, 0.29) is 12.8 Å². The van der Waals surface area contributed by atoms with Crippen molar-refractivity contribution in [1.29, 1.82) is 0 Å². The third-order valence-electron chi connectivity index (χ3n) is 4.52. The van der Waals surface area contributed by atoms with Gasteiger partial charge in [-0.2, -0.15) is 0 Å². The minimum Gasteiger partial charge on any atom is -0.481 e. The molecule has 1 saturated heterocycles. The van der Waals surface area contributed by atoms with Crippen LogP contribution in [0, 0.1) is 5.92 Å². The molecule has 3 unspecified atom stereocenters. The Bertz CT molecular complexity index is 721. The summed E-state index contributed by atoms with van der Waals surface area (Å²) in [6, 6.07) is 4.84. The van der Waals surface area contributed by atoms with Crippen LogP contribution >= 0.6 is 0 Å². The zero-order chi connectivity index (χ0) is 16.7. The summed E-state index contributed by atoms with van der Waals surface area (Å²) in [5.41, 5.74) is 1.61. The van der Waals surface area contributed by atoms with Crippen LogP contribution in [0.1, 0.15) is 41.4 Å². The maximum atomic E-state index is 11.8. The van der Waals surface area contributed by atoms with Gasteiger partial charge in [-0.25, -0.2) is 0 Å². The van der Waals surface area contributed by atoms with Crippen LogP contribution in [0.15, 0.2) is 18.2 Å². The monoisotopic (exact) mass is 318 g/mol. The third kappa shape index (κ3) is 2.48. The number of carboxylic acid groups (broad SMARTS) is 2. The van der Waals surface area contributed by atoms with Crippen molar-refractivity contribution in [3.05, 3.63) is 34.9 Å². The summed E-state index contributed by atoms with van der Waals surface area (Å²) in [6.07, 6.45) is 0.450. The lowest BCUT2D eigenvalue weighted by Gasteiger charge is -2.30. The van der Waals surface area contributed by atoms with E-state index in [9.17, 15) is 29.4 Å². The number of carboxylic acids is 2. The second-order valence-corrected chi connectivity index (χ2v) is 5.76. The van der Waals surface area contributed by atoms with Gasteiger partial charge in [-0.1, -0.05) is 18.2 Å². The first kappa shape index (κ1) is 15.2. The summed E-state index contributed by atoms with van der Waals surface area (Å²) in [5.74, 6) is -6.52. The van der Waals surface area contributed by atoms with Crippen molar-refractivity contribution in [3.8, 4) is 0 Å². The van der Waals surface area contributed by atoms with E-state index in [0.29, 0.717) is 23.1 Å². The Hall–Kier alpha value is -2.70. The SMILES string of the molecule is O=C1CC(c2cccc3c2CCC(C(=O)O)C3C(=O)O)C(=O)O1. The molecule has 3 atom stereocenters. The second-order valence-electron chi connectivity index (χ2n) is 5.76. The molecule has 3 rings (SSSR count). The number of carbonyl (C=O) groups excluding carboxylic acids is 2. The van der Waals surface area contributed by atoms with Crippen LogP contribution in [0.3, 0.4) is 0 Å². The number of benzene rings is 1. The normalized spacial score (nSPS) is 26.5. The summed E-state index contributed by atoms with van der Waals surface area (Å²) >= 11 is 0. The molecule has 0 spiro atoms. The van der Waals surface area contributed by atoms with Gasteiger partial charge in [0.2, 0.25) is 0 Å². The van der Waals surface area contributed by atoms with Crippen molar-refractivity contribution in [3.63, 3.8) is 0 Å². The van der Waals surface area contributed by atoms with E-state index in [0.717, 1.165) is 0 Å². The molecule has 0 radical (unpaired) electrons. The number of carbonyl (C=O) groups is 4. The number of rotatable bonds is 3. The van der Waals surface area contributed by atoms with Gasteiger partial charge < -0.3 is 14.9 Å². The summed E-state index contributed by atoms with van der Waals surface area (Å²) in [4.78, 5) is 46.0. The topological polar surface area (TPSA) is 118 Å². The standard InChI is InChI=1S/C16H14O7/c17-12-6-11(16(22)23-12)7-2-1-3-9-8(7)4-5-10(14(18)19)13(9)15(20)21/h1-3,10-11,13H,4-6H2,(H,18,19)(H,20,21). The van der Waals surface area contributed by atoms with Crippen LogP contribution in [0.25, 0.3) is 0 Å². The summed E-state index contributed by atoms with van der Waals surface area (Å²) in [7, 11) is 0. The highest BCUT2D eigenvalue weighted by molar-refractivity contribution is 5.98. The molecule has 2 aliphatic rings. The number of hydrogen-bond acceptors (Lipinski definition) is 5. The molecule has 0 saturated carbocycles. The van der Waals surface area contributed by atoms with E-state index in [1.165, 1.54) is 0 Å². The predicted molar refractivity (Wildman–Crippen MR) is 74.7 cm³/mol. The van der Waals surface area contributed by atoms with Crippen molar-refractivity contribution in [1.82, 2.24) is 0 Å². The molecule has 23 heavy (non-hydrogen) atoms. The molecule has 1 heterocycles. The van der Waals surface area contributed by atoms with Gasteiger partial charge in [-0.3, -0.25) is 19.2 Å². The highest BCUT2D eigenvalue weighted by atomic mass is 16.6. The molecule has 7 heteroatoms. The highest BCUT2D eigenvalue weighted by Crippen LogP contribution is 2.41. The number of aliphatic carboxylic acids is 2. The van der Waals surface area contributed by atoms with Crippen molar-refractivity contribution < 1.29 is 34.1 Å². The van der Waals surface area contributed by atoms with Crippen molar-refractivity contribution in [2.24, 2.45) is 5.92 Å². The first-order valence-corrected chi connectivity index (χ1v) is 7.22. The van der Waals surface area contributed by atoms with Gasteiger partial charge in [0.15, 0.2) is 0 Å². The molecular weight excluding hydrogens is 304 g/mol. The van der Waals surface area contributed by atoms with Crippen molar-refractivity contribution in [2.45, 2.75) is 31.1 Å². The lowest BCUT2D eigenvalue weighted by molar-refractivity contribution is -0.152. The Morgan fingerprint density at radius 3 is 2.35 bits per heavy atom. The van der Waals surface area contributed by atoms with Gasteiger partial charge in [0.1, 0.15) is 0 Å². The molecule has 0 amide bonds. The number of ether oxygens (including phenoxy) is 1. The first-order chi connectivity index (χ1) is 10.9. The lowest BCUT2D eigenvalue weighted by atomic mass is 9.72. The van der Waals surface area contributed by atoms with Crippen LogP contribution in [0.4, 0.5) is 0 Å². The van der Waals surface area contributed by atoms with E-state index < -0.39 is 41.6 Å². The van der Waals surface area contributed by atoms with Crippen LogP contribution in [-0.4, -0.2) is 34.1 Å². The molecular formula is C16H14O7. The van der Waals surface area contributed by atoms with Gasteiger partial charge in [-0.05, 0) is 29.5 Å². The molecule has 2 N–H and O–H groups in total. The molecule has 1 aromatic carbocycles. The molecule has 0 aromatic heterocycles. The Morgan fingerprint density at radius 2 is 1.78 bits per heavy atom. The zero-order valence-electron chi connectivity index (χ0n) is 12.0. The zero-order valence-corrected chi connectivity index (χ0v) is 12.0. The van der Waals surface area contributed by atoms with E-state index >= 15 is 0 Å². The van der Waals surface area contributed by atoms with Crippen LogP contribution < -0.4 is 0 Å². The lowest BCUT2D eigenvalue weighted by Crippen LogP contribution is -2.33. The van der Waals surface area contributed by atoms with E-state index in [1.807, 2.05) is 0 Å². The predicted octanol–water partition coefficient (Wildman–Crippen LogP) is 1.06. The molecule has 120 valence electrons. The molecule has 0 bridgehead atoms. The summed E-state index contributed by atoms with van der Waals surface area (Å²) in [6.45, 7) is 0. The number of fused-ring (bicyclic) bond motifs is 1. The average molecular weight is 318 g/mol. The Kier molecular flexibility index (Phi) is 3.63. The molecule has 1 aromatic rings. The van der Waals surface area contributed by atoms with Gasteiger partial charge in [0.25, 0.3) is 0 Å². The minimum absolute atomic E-state index is 0.0740. The number of esters is 2. The van der Waals surface area contributed by atoms with Crippen molar-refractivity contribution >= 4 is 23.9 Å². The number of hydrogen-bond donors (Lipinski definition) is 2. The minimum atomic E-state index is -1.21. The Balaban J connectivity index is 2.08. The molecule has 1 aliphatic carbocycles. The smallest absolute Gasteiger partial charge is 0.321 e. The molecule has 1 fully saturated rings. The fourth-order valence-corrected chi connectivity index (χ4v) is 3.50. The van der Waals surface area contributed by atoms with E-state index in [1.54, 1.807) is 18.2 Å². The maximum Gasteiger partial charge on any atom is 0.321 e. The summed E-state index contributed by atoms with van der Waals surface area (Å²) in [5, 5.41) is 18.7. The largest absolute Gasteiger partial charge is 0.481 e. The Labute approximate surface area is 130 Å². The first-order valence-electron chi connectivity index (χ1n) is 7.22. The van der Waals surface area contributed by atoms with Crippen LogP contribution in [0.2, 0.25) is 0 Å². The van der Waals surface area contributed by atoms with Crippen LogP contribution in [0.5, 0.6) is 0 Å². The highest BCUT2D eigenvalue weighted by Gasteiger charge is 2.42. The van der Waals surface area contributed by atoms with Crippen molar-refractivity contribution in [2.75, 3.05) is 0 Å². The second kappa shape index (κ2) is 5.49. The maximum absolute atomic E-state index is 11.8. The fraction of sp³-hybridized carbons (Fsp3) is 0.375. The van der Waals surface area contributed by atoms with E-state index in [2.05, 4.69) is 4.74 Å². The van der Waals surface area contributed by atoms with E-state index in [4.69, 9.17) is 0 Å². The third-order valence-corrected chi connectivity index (χ3v) is 4.52. The summed E-state index contributed by atoms with van der Waals surface area (Å²) < 4.78 is 4.56. The molecule has 7 nitrogen and oxygen atoms in total. The quantitative estimate of drug-likeness (QED) is 0.632. The fourth-order valence-electron chi connectivity index (χ4n) is 3.50. The van der Waals surface area contributed by atoms with Crippen LogP contribution in [-0.2, 0) is 30.3 Å². The Morgan fingerprint density at radius 1 is 1.09 bits per heavy atom. The van der Waals surface area contributed by atoms with Gasteiger partial charge in [-0.15, -0.1) is 0 Å². The van der Waals surface area contributed by atoms with Gasteiger partial charge in [0, 0.05) is 0 Å². The van der Waals surface area contributed by atoms with Gasteiger partial charge in [0.05, 0.1) is 24.2 Å².